The van der Waals surface area contributed by atoms with E-state index < -0.39 is 5.79 Å². The second kappa shape index (κ2) is 4.34. The van der Waals surface area contributed by atoms with Crippen LogP contribution in [0.1, 0.15) is 41.5 Å². The summed E-state index contributed by atoms with van der Waals surface area (Å²) in [6.45, 7) is 12.6. The molecular formula is C13H23BO4. The van der Waals surface area contributed by atoms with E-state index in [1.165, 1.54) is 0 Å². The molecule has 2 saturated heterocycles. The third-order valence-electron chi connectivity index (χ3n) is 3.78. The molecule has 2 aliphatic heterocycles. The van der Waals surface area contributed by atoms with Gasteiger partial charge < -0.3 is 18.8 Å². The van der Waals surface area contributed by atoms with E-state index in [4.69, 9.17) is 18.8 Å². The third-order valence-corrected chi connectivity index (χ3v) is 3.78. The van der Waals surface area contributed by atoms with Crippen LogP contribution < -0.4 is 0 Å². The Labute approximate surface area is 110 Å². The zero-order valence-corrected chi connectivity index (χ0v) is 12.1. The maximum atomic E-state index is 5.87. The molecule has 0 bridgehead atoms. The maximum absolute atomic E-state index is 5.87. The highest BCUT2D eigenvalue weighted by Crippen LogP contribution is 2.37. The SMILES string of the molecule is CC1(C)OCC(/C=C/B2OC(C)(C)C(C)(C)O2)O1. The average Bonchev–Trinajstić information content (AvgIpc) is 2.62. The van der Waals surface area contributed by atoms with Gasteiger partial charge in [0.25, 0.3) is 0 Å². The molecule has 5 heteroatoms. The number of hydrogen-bond donors (Lipinski definition) is 0. The topological polar surface area (TPSA) is 36.9 Å². The van der Waals surface area contributed by atoms with Gasteiger partial charge in [-0.3, -0.25) is 0 Å². The second-order valence-electron chi connectivity index (χ2n) is 6.38. The normalized spacial score (nSPS) is 33.4. The molecule has 0 saturated carbocycles. The van der Waals surface area contributed by atoms with Crippen LogP contribution in [-0.4, -0.2) is 36.8 Å². The lowest BCUT2D eigenvalue weighted by atomic mass is 9.89. The fourth-order valence-corrected chi connectivity index (χ4v) is 1.99. The molecule has 1 atom stereocenters. The maximum Gasteiger partial charge on any atom is 0.486 e. The van der Waals surface area contributed by atoms with Gasteiger partial charge in [0.05, 0.1) is 17.8 Å². The molecule has 0 radical (unpaired) electrons. The van der Waals surface area contributed by atoms with Crippen LogP contribution >= 0.6 is 0 Å². The van der Waals surface area contributed by atoms with Crippen LogP contribution in [0.25, 0.3) is 0 Å². The molecule has 0 amide bonds. The van der Waals surface area contributed by atoms with Crippen molar-refractivity contribution in [2.75, 3.05) is 6.61 Å². The first-order valence-corrected chi connectivity index (χ1v) is 6.47. The van der Waals surface area contributed by atoms with E-state index in [-0.39, 0.29) is 24.4 Å². The number of hydrogen-bond acceptors (Lipinski definition) is 4. The fraction of sp³-hybridized carbons (Fsp3) is 0.846. The van der Waals surface area contributed by atoms with Crippen LogP contribution in [-0.2, 0) is 18.8 Å². The standard InChI is InChI=1S/C13H23BO4/c1-11(2)12(3,4)18-14(17-11)8-7-10-9-15-13(5,6)16-10/h7-8,10H,9H2,1-6H3/b8-7+. The highest BCUT2D eigenvalue weighted by Gasteiger charge is 2.50. The smallest absolute Gasteiger partial charge is 0.400 e. The van der Waals surface area contributed by atoms with Crippen LogP contribution in [0.5, 0.6) is 0 Å². The summed E-state index contributed by atoms with van der Waals surface area (Å²) in [6.07, 6.45) is 1.93. The van der Waals surface area contributed by atoms with Crippen LogP contribution in [0.3, 0.4) is 0 Å². The summed E-state index contributed by atoms with van der Waals surface area (Å²) in [7, 11) is -0.317. The summed E-state index contributed by atoms with van der Waals surface area (Å²) in [5.41, 5.74) is -0.595. The molecule has 0 aromatic carbocycles. The largest absolute Gasteiger partial charge is 0.486 e. The van der Waals surface area contributed by atoms with Crippen molar-refractivity contribution in [1.29, 1.82) is 0 Å². The van der Waals surface area contributed by atoms with Crippen LogP contribution in [0.4, 0.5) is 0 Å². The van der Waals surface area contributed by atoms with Gasteiger partial charge in [0, 0.05) is 0 Å². The van der Waals surface area contributed by atoms with Crippen molar-refractivity contribution >= 4 is 7.12 Å². The molecule has 2 aliphatic rings. The molecule has 1 unspecified atom stereocenters. The molecule has 2 fully saturated rings. The highest BCUT2D eigenvalue weighted by atomic mass is 16.7. The molecule has 2 heterocycles. The van der Waals surface area contributed by atoms with E-state index in [0.717, 1.165) is 0 Å². The molecule has 102 valence electrons. The molecule has 0 N–H and O–H groups in total. The van der Waals surface area contributed by atoms with Crippen molar-refractivity contribution in [3.8, 4) is 0 Å². The number of ether oxygens (including phenoxy) is 2. The summed E-state index contributed by atoms with van der Waals surface area (Å²) < 4.78 is 22.9. The van der Waals surface area contributed by atoms with Crippen LogP contribution in [0.15, 0.2) is 12.1 Å². The Bertz CT molecular complexity index is 333. The Hall–Kier alpha value is -0.355. The van der Waals surface area contributed by atoms with E-state index in [1.807, 2.05) is 53.6 Å². The Morgan fingerprint density at radius 1 is 1.00 bits per heavy atom. The van der Waals surface area contributed by atoms with Gasteiger partial charge in [-0.15, -0.1) is 0 Å². The molecule has 0 spiro atoms. The molecule has 0 aromatic heterocycles. The Kier molecular flexibility index (Phi) is 3.39. The Morgan fingerprint density at radius 2 is 1.56 bits per heavy atom. The van der Waals surface area contributed by atoms with E-state index in [2.05, 4.69) is 0 Å². The summed E-state index contributed by atoms with van der Waals surface area (Å²) in [4.78, 5) is 0. The Morgan fingerprint density at radius 3 is 2.00 bits per heavy atom. The van der Waals surface area contributed by atoms with Crippen molar-refractivity contribution in [3.63, 3.8) is 0 Å². The Balaban J connectivity index is 1.93. The molecule has 2 rings (SSSR count). The second-order valence-corrected chi connectivity index (χ2v) is 6.38. The first kappa shape index (κ1) is 14.1. The van der Waals surface area contributed by atoms with Gasteiger partial charge in [-0.25, -0.2) is 0 Å². The third kappa shape index (κ3) is 2.80. The lowest BCUT2D eigenvalue weighted by Gasteiger charge is -2.32. The lowest BCUT2D eigenvalue weighted by molar-refractivity contribution is -0.133. The van der Waals surface area contributed by atoms with Crippen molar-refractivity contribution in [3.05, 3.63) is 12.1 Å². The van der Waals surface area contributed by atoms with Gasteiger partial charge in [0.15, 0.2) is 5.79 Å². The minimum Gasteiger partial charge on any atom is -0.400 e. The van der Waals surface area contributed by atoms with Crippen LogP contribution in [0.2, 0.25) is 0 Å². The molecular weight excluding hydrogens is 231 g/mol. The molecule has 0 aliphatic carbocycles. The van der Waals surface area contributed by atoms with Crippen molar-refractivity contribution < 1.29 is 18.8 Å². The summed E-state index contributed by atoms with van der Waals surface area (Å²) in [5.74, 6) is 1.41. The quantitative estimate of drug-likeness (QED) is 0.709. The fourth-order valence-electron chi connectivity index (χ4n) is 1.99. The van der Waals surface area contributed by atoms with Crippen LogP contribution in [0, 0.1) is 0 Å². The van der Waals surface area contributed by atoms with Gasteiger partial charge in [-0.1, -0.05) is 12.1 Å². The zero-order chi connectivity index (χ0) is 13.6. The van der Waals surface area contributed by atoms with Gasteiger partial charge in [-0.05, 0) is 41.5 Å². The molecule has 0 aromatic rings. The minimum atomic E-state index is -0.495. The first-order chi connectivity index (χ1) is 8.11. The molecule has 4 nitrogen and oxygen atoms in total. The monoisotopic (exact) mass is 254 g/mol. The van der Waals surface area contributed by atoms with E-state index >= 15 is 0 Å². The van der Waals surface area contributed by atoms with Crippen molar-refractivity contribution in [2.24, 2.45) is 0 Å². The van der Waals surface area contributed by atoms with Crippen molar-refractivity contribution in [2.45, 2.75) is 64.6 Å². The minimum absolute atomic E-state index is 0.0287. The van der Waals surface area contributed by atoms with Gasteiger partial charge >= 0.3 is 7.12 Å². The van der Waals surface area contributed by atoms with E-state index in [9.17, 15) is 0 Å². The first-order valence-electron chi connectivity index (χ1n) is 6.47. The average molecular weight is 254 g/mol. The predicted molar refractivity (Wildman–Crippen MR) is 70.1 cm³/mol. The van der Waals surface area contributed by atoms with Gasteiger partial charge in [0.2, 0.25) is 0 Å². The van der Waals surface area contributed by atoms with Crippen molar-refractivity contribution in [1.82, 2.24) is 0 Å². The van der Waals surface area contributed by atoms with Gasteiger partial charge in [-0.2, -0.15) is 0 Å². The summed E-state index contributed by atoms with van der Waals surface area (Å²) in [5, 5.41) is 0. The number of rotatable bonds is 2. The highest BCUT2D eigenvalue weighted by molar-refractivity contribution is 6.51. The zero-order valence-electron chi connectivity index (χ0n) is 12.1. The lowest BCUT2D eigenvalue weighted by Crippen LogP contribution is -2.41. The van der Waals surface area contributed by atoms with E-state index in [1.54, 1.807) is 0 Å². The van der Waals surface area contributed by atoms with Gasteiger partial charge in [0.1, 0.15) is 6.10 Å². The summed E-state index contributed by atoms with van der Waals surface area (Å²) >= 11 is 0. The molecule has 18 heavy (non-hydrogen) atoms. The predicted octanol–water partition coefficient (Wildman–Crippen LogP) is 2.33. The van der Waals surface area contributed by atoms with E-state index in [0.29, 0.717) is 6.61 Å². The summed E-state index contributed by atoms with van der Waals surface area (Å²) in [6, 6.07) is 0.